The molecule has 0 spiro atoms. The molecule has 0 saturated carbocycles. The lowest BCUT2D eigenvalue weighted by Crippen LogP contribution is -2.16. The number of anilines is 3. The summed E-state index contributed by atoms with van der Waals surface area (Å²) in [6.07, 6.45) is 0. The molecule has 2 aromatic carbocycles. The molecule has 0 radical (unpaired) electrons. The van der Waals surface area contributed by atoms with Crippen LogP contribution in [0.3, 0.4) is 0 Å². The minimum absolute atomic E-state index is 0.284. The van der Waals surface area contributed by atoms with Gasteiger partial charge in [-0.2, -0.15) is 0 Å². The molecule has 3 aromatic rings. The Morgan fingerprint density at radius 3 is 2.54 bits per heavy atom. The number of nitrogens with zero attached hydrogens (tertiary/aromatic N) is 2. The van der Waals surface area contributed by atoms with E-state index in [1.54, 1.807) is 24.3 Å². The van der Waals surface area contributed by atoms with E-state index >= 15 is 0 Å². The smallest absolute Gasteiger partial charge is 0.274 e. The first-order valence-electron chi connectivity index (χ1n) is 8.18. The maximum absolute atomic E-state index is 12.6. The lowest BCUT2D eigenvalue weighted by Gasteiger charge is -2.11. The van der Waals surface area contributed by atoms with Crippen molar-refractivity contribution in [3.05, 3.63) is 76.1 Å². The highest BCUT2D eigenvalue weighted by atomic mass is 35.5. The van der Waals surface area contributed by atoms with Crippen molar-refractivity contribution in [2.75, 3.05) is 10.6 Å². The minimum Gasteiger partial charge on any atom is -0.324 e. The van der Waals surface area contributed by atoms with Gasteiger partial charge in [-0.3, -0.25) is 4.79 Å². The van der Waals surface area contributed by atoms with Gasteiger partial charge in [0.1, 0.15) is 5.69 Å². The molecule has 0 unspecified atom stereocenters. The number of aryl methyl sites for hydroxylation is 2. The van der Waals surface area contributed by atoms with Gasteiger partial charge in [-0.15, -0.1) is 0 Å². The Morgan fingerprint density at radius 1 is 1.00 bits per heavy atom. The number of halogens is 1. The molecule has 1 heterocycles. The summed E-state index contributed by atoms with van der Waals surface area (Å²) < 4.78 is 0. The first-order chi connectivity index (χ1) is 12.4. The number of benzene rings is 2. The SMILES string of the molecule is Cc1cccc(Nc2nc(C)cc(C(=O)Nc3cccc(Cl)c3C)n2)c1. The van der Waals surface area contributed by atoms with Crippen molar-refractivity contribution in [1.82, 2.24) is 9.97 Å². The van der Waals surface area contributed by atoms with Gasteiger partial charge in [-0.25, -0.2) is 9.97 Å². The van der Waals surface area contributed by atoms with E-state index in [-0.39, 0.29) is 11.6 Å². The molecule has 2 N–H and O–H groups in total. The molecule has 0 fully saturated rings. The zero-order valence-corrected chi connectivity index (χ0v) is 15.6. The minimum atomic E-state index is -0.312. The van der Waals surface area contributed by atoms with Gasteiger partial charge in [0, 0.05) is 22.1 Å². The summed E-state index contributed by atoms with van der Waals surface area (Å²) in [5.41, 5.74) is 4.44. The average Bonchev–Trinajstić information content (AvgIpc) is 2.58. The van der Waals surface area contributed by atoms with Crippen LogP contribution in [-0.4, -0.2) is 15.9 Å². The monoisotopic (exact) mass is 366 g/mol. The second-order valence-electron chi connectivity index (χ2n) is 6.08. The summed E-state index contributed by atoms with van der Waals surface area (Å²) in [4.78, 5) is 21.3. The summed E-state index contributed by atoms with van der Waals surface area (Å²) in [7, 11) is 0. The van der Waals surface area contributed by atoms with Gasteiger partial charge in [-0.05, 0) is 62.2 Å². The third-order valence-electron chi connectivity index (χ3n) is 3.88. The van der Waals surface area contributed by atoms with Crippen LogP contribution in [0.15, 0.2) is 48.5 Å². The fourth-order valence-electron chi connectivity index (χ4n) is 2.52. The van der Waals surface area contributed by atoms with Gasteiger partial charge in [0.25, 0.3) is 5.91 Å². The topological polar surface area (TPSA) is 66.9 Å². The third kappa shape index (κ3) is 4.18. The van der Waals surface area contributed by atoms with E-state index in [4.69, 9.17) is 11.6 Å². The van der Waals surface area contributed by atoms with Crippen molar-refractivity contribution in [3.8, 4) is 0 Å². The van der Waals surface area contributed by atoms with Crippen LogP contribution < -0.4 is 10.6 Å². The number of aromatic nitrogens is 2. The van der Waals surface area contributed by atoms with Crippen LogP contribution in [0.25, 0.3) is 0 Å². The Labute approximate surface area is 157 Å². The van der Waals surface area contributed by atoms with Gasteiger partial charge in [0.2, 0.25) is 5.95 Å². The van der Waals surface area contributed by atoms with Gasteiger partial charge < -0.3 is 10.6 Å². The van der Waals surface area contributed by atoms with E-state index in [0.29, 0.717) is 22.4 Å². The highest BCUT2D eigenvalue weighted by molar-refractivity contribution is 6.31. The quantitative estimate of drug-likeness (QED) is 0.678. The fraction of sp³-hybridized carbons (Fsp3) is 0.150. The zero-order chi connectivity index (χ0) is 18.7. The molecule has 26 heavy (non-hydrogen) atoms. The number of nitrogens with one attached hydrogen (secondary N) is 2. The van der Waals surface area contributed by atoms with Crippen LogP contribution in [-0.2, 0) is 0 Å². The molecule has 0 saturated heterocycles. The summed E-state index contributed by atoms with van der Waals surface area (Å²) >= 11 is 6.11. The molecule has 0 bridgehead atoms. The first kappa shape index (κ1) is 17.9. The molecule has 0 aliphatic carbocycles. The van der Waals surface area contributed by atoms with E-state index < -0.39 is 0 Å². The van der Waals surface area contributed by atoms with Crippen LogP contribution in [0, 0.1) is 20.8 Å². The Kier molecular flexibility index (Phi) is 5.19. The summed E-state index contributed by atoms with van der Waals surface area (Å²) in [6.45, 7) is 5.69. The maximum Gasteiger partial charge on any atom is 0.274 e. The van der Waals surface area contributed by atoms with Crippen molar-refractivity contribution in [2.24, 2.45) is 0 Å². The normalized spacial score (nSPS) is 10.5. The number of carbonyl (C=O) groups excluding carboxylic acids is 1. The summed E-state index contributed by atoms with van der Waals surface area (Å²) in [5, 5.41) is 6.60. The molecule has 1 amide bonds. The van der Waals surface area contributed by atoms with E-state index in [2.05, 4.69) is 20.6 Å². The predicted octanol–water partition coefficient (Wildman–Crippen LogP) is 5.05. The van der Waals surface area contributed by atoms with E-state index in [9.17, 15) is 4.79 Å². The summed E-state index contributed by atoms with van der Waals surface area (Å²) in [5.74, 6) is 0.0664. The van der Waals surface area contributed by atoms with Crippen molar-refractivity contribution < 1.29 is 4.79 Å². The average molecular weight is 367 g/mol. The van der Waals surface area contributed by atoms with Crippen LogP contribution in [0.1, 0.15) is 27.3 Å². The highest BCUT2D eigenvalue weighted by Crippen LogP contribution is 2.23. The molecular weight excluding hydrogens is 348 g/mol. The van der Waals surface area contributed by atoms with Crippen molar-refractivity contribution in [2.45, 2.75) is 20.8 Å². The van der Waals surface area contributed by atoms with Crippen molar-refractivity contribution in [1.29, 1.82) is 0 Å². The van der Waals surface area contributed by atoms with Crippen LogP contribution in [0.4, 0.5) is 17.3 Å². The molecule has 6 heteroatoms. The fourth-order valence-corrected chi connectivity index (χ4v) is 2.70. The van der Waals surface area contributed by atoms with Gasteiger partial charge >= 0.3 is 0 Å². The van der Waals surface area contributed by atoms with Crippen LogP contribution >= 0.6 is 11.6 Å². The van der Waals surface area contributed by atoms with Crippen LogP contribution in [0.2, 0.25) is 5.02 Å². The van der Waals surface area contributed by atoms with Crippen LogP contribution in [0.5, 0.6) is 0 Å². The Morgan fingerprint density at radius 2 is 1.77 bits per heavy atom. The second kappa shape index (κ2) is 7.54. The van der Waals surface area contributed by atoms with E-state index in [0.717, 1.165) is 16.8 Å². The number of rotatable bonds is 4. The Balaban J connectivity index is 1.84. The molecular formula is C20H19ClN4O. The van der Waals surface area contributed by atoms with Gasteiger partial charge in [0.15, 0.2) is 0 Å². The Bertz CT molecular complexity index is 972. The van der Waals surface area contributed by atoms with Crippen molar-refractivity contribution in [3.63, 3.8) is 0 Å². The molecule has 0 atom stereocenters. The molecule has 5 nitrogen and oxygen atoms in total. The number of carbonyl (C=O) groups is 1. The number of hydrogen-bond acceptors (Lipinski definition) is 4. The number of amides is 1. The second-order valence-corrected chi connectivity index (χ2v) is 6.49. The molecule has 3 rings (SSSR count). The predicted molar refractivity (Wildman–Crippen MR) is 105 cm³/mol. The molecule has 132 valence electrons. The van der Waals surface area contributed by atoms with E-state index in [1.807, 2.05) is 45.0 Å². The largest absolute Gasteiger partial charge is 0.324 e. The maximum atomic E-state index is 12.6. The van der Waals surface area contributed by atoms with Gasteiger partial charge in [0.05, 0.1) is 0 Å². The zero-order valence-electron chi connectivity index (χ0n) is 14.8. The third-order valence-corrected chi connectivity index (χ3v) is 4.29. The standard InChI is InChI=1S/C20H19ClN4O/c1-12-6-4-7-15(10-12)23-20-22-13(2)11-18(25-20)19(26)24-17-9-5-8-16(21)14(17)3/h4-11H,1-3H3,(H,24,26)(H,22,23,25). The molecule has 0 aliphatic heterocycles. The lowest BCUT2D eigenvalue weighted by atomic mass is 10.2. The first-order valence-corrected chi connectivity index (χ1v) is 8.56. The van der Waals surface area contributed by atoms with Crippen molar-refractivity contribution >= 4 is 34.8 Å². The highest BCUT2D eigenvalue weighted by Gasteiger charge is 2.13. The summed E-state index contributed by atoms with van der Waals surface area (Å²) in [6, 6.07) is 14.9. The molecule has 0 aliphatic rings. The number of hydrogen-bond donors (Lipinski definition) is 2. The lowest BCUT2D eigenvalue weighted by molar-refractivity contribution is 0.102. The Hall–Kier alpha value is -2.92. The van der Waals surface area contributed by atoms with E-state index in [1.165, 1.54) is 0 Å². The molecule has 1 aromatic heterocycles. The van der Waals surface area contributed by atoms with Gasteiger partial charge in [-0.1, -0.05) is 29.8 Å².